The van der Waals surface area contributed by atoms with Gasteiger partial charge in [0.25, 0.3) is 0 Å². The highest BCUT2D eigenvalue weighted by Gasteiger charge is 2.02. The third-order valence-corrected chi connectivity index (χ3v) is 2.83. The van der Waals surface area contributed by atoms with E-state index in [9.17, 15) is 0 Å². The molecule has 1 N–H and O–H groups in total. The molecule has 0 saturated heterocycles. The molecular weight excluding hydrogens is 194 g/mol. The number of rotatable bonds is 7. The zero-order chi connectivity index (χ0) is 10.2. The Morgan fingerprint density at radius 3 is 3.00 bits per heavy atom. The Kier molecular flexibility index (Phi) is 5.71. The first-order chi connectivity index (χ1) is 6.83. The summed E-state index contributed by atoms with van der Waals surface area (Å²) in [7, 11) is 0. The van der Waals surface area contributed by atoms with E-state index in [-0.39, 0.29) is 0 Å². The van der Waals surface area contributed by atoms with E-state index in [1.54, 1.807) is 0 Å². The van der Waals surface area contributed by atoms with Gasteiger partial charge in [-0.3, -0.25) is 0 Å². The molecule has 1 aromatic rings. The van der Waals surface area contributed by atoms with Crippen LogP contribution in [0.4, 0.5) is 0 Å². The lowest BCUT2D eigenvalue weighted by Crippen LogP contribution is -2.25. The Hall–Kier alpha value is -0.480. The highest BCUT2D eigenvalue weighted by Crippen LogP contribution is 2.04. The van der Waals surface area contributed by atoms with Crippen molar-refractivity contribution in [2.24, 2.45) is 0 Å². The topological polar surface area (TPSA) is 37.8 Å². The molecule has 0 aromatic carbocycles. The Morgan fingerprint density at radius 1 is 1.50 bits per heavy atom. The predicted molar refractivity (Wildman–Crippen MR) is 60.4 cm³/mol. The van der Waals surface area contributed by atoms with Crippen LogP contribution in [-0.4, -0.2) is 15.6 Å². The summed E-state index contributed by atoms with van der Waals surface area (Å²) in [5.74, 6) is 0. The summed E-state index contributed by atoms with van der Waals surface area (Å²) < 4.78 is 3.83. The SMILES string of the molecule is CCCCCC(C)NCc1csnn1. The van der Waals surface area contributed by atoms with E-state index < -0.39 is 0 Å². The summed E-state index contributed by atoms with van der Waals surface area (Å²) in [6.07, 6.45) is 5.21. The van der Waals surface area contributed by atoms with E-state index in [2.05, 4.69) is 28.8 Å². The molecule has 0 fully saturated rings. The van der Waals surface area contributed by atoms with E-state index in [4.69, 9.17) is 0 Å². The molecule has 1 unspecified atom stereocenters. The van der Waals surface area contributed by atoms with E-state index in [1.165, 1.54) is 37.2 Å². The lowest BCUT2D eigenvalue weighted by molar-refractivity contribution is 0.484. The highest BCUT2D eigenvalue weighted by atomic mass is 32.1. The number of aromatic nitrogens is 2. The Morgan fingerprint density at radius 2 is 2.36 bits per heavy atom. The Labute approximate surface area is 90.1 Å². The summed E-state index contributed by atoms with van der Waals surface area (Å²) in [5.41, 5.74) is 1.05. The zero-order valence-corrected chi connectivity index (χ0v) is 9.81. The van der Waals surface area contributed by atoms with Crippen LogP contribution in [0.1, 0.15) is 45.2 Å². The van der Waals surface area contributed by atoms with Gasteiger partial charge in [0.05, 0.1) is 5.69 Å². The summed E-state index contributed by atoms with van der Waals surface area (Å²) in [6.45, 7) is 5.32. The molecule has 0 saturated carbocycles. The van der Waals surface area contributed by atoms with Gasteiger partial charge in [-0.25, -0.2) is 0 Å². The first-order valence-corrected chi connectivity index (χ1v) is 6.16. The smallest absolute Gasteiger partial charge is 0.0893 e. The van der Waals surface area contributed by atoms with Gasteiger partial charge in [0.15, 0.2) is 0 Å². The van der Waals surface area contributed by atoms with Crippen LogP contribution in [-0.2, 0) is 6.54 Å². The summed E-state index contributed by atoms with van der Waals surface area (Å²) in [5, 5.41) is 9.43. The van der Waals surface area contributed by atoms with E-state index in [0.717, 1.165) is 12.2 Å². The molecule has 1 atom stereocenters. The van der Waals surface area contributed by atoms with Crippen molar-refractivity contribution in [3.63, 3.8) is 0 Å². The minimum absolute atomic E-state index is 0.586. The number of unbranched alkanes of at least 4 members (excludes halogenated alkanes) is 2. The van der Waals surface area contributed by atoms with Crippen LogP contribution in [0.2, 0.25) is 0 Å². The fourth-order valence-electron chi connectivity index (χ4n) is 1.34. The van der Waals surface area contributed by atoms with Gasteiger partial charge in [-0.1, -0.05) is 30.7 Å². The minimum Gasteiger partial charge on any atom is -0.309 e. The van der Waals surface area contributed by atoms with Crippen molar-refractivity contribution in [1.29, 1.82) is 0 Å². The lowest BCUT2D eigenvalue weighted by atomic mass is 10.1. The molecule has 4 heteroatoms. The molecule has 1 heterocycles. The van der Waals surface area contributed by atoms with Crippen molar-refractivity contribution in [3.05, 3.63) is 11.1 Å². The minimum atomic E-state index is 0.586. The summed E-state index contributed by atoms with van der Waals surface area (Å²) in [4.78, 5) is 0. The normalized spacial score (nSPS) is 13.0. The van der Waals surface area contributed by atoms with Crippen molar-refractivity contribution >= 4 is 11.5 Å². The molecule has 0 spiro atoms. The second-order valence-electron chi connectivity index (χ2n) is 3.67. The fraction of sp³-hybridized carbons (Fsp3) is 0.800. The predicted octanol–water partition coefficient (Wildman–Crippen LogP) is 2.60. The van der Waals surface area contributed by atoms with Crippen LogP contribution >= 0.6 is 11.5 Å². The third kappa shape index (κ3) is 4.67. The van der Waals surface area contributed by atoms with Crippen molar-refractivity contribution < 1.29 is 0 Å². The van der Waals surface area contributed by atoms with Crippen LogP contribution in [0.5, 0.6) is 0 Å². The summed E-state index contributed by atoms with van der Waals surface area (Å²) >= 11 is 1.41. The van der Waals surface area contributed by atoms with Gasteiger partial charge in [0.1, 0.15) is 0 Å². The molecule has 14 heavy (non-hydrogen) atoms. The van der Waals surface area contributed by atoms with Gasteiger partial charge in [0, 0.05) is 18.0 Å². The van der Waals surface area contributed by atoms with Gasteiger partial charge < -0.3 is 5.32 Å². The van der Waals surface area contributed by atoms with Gasteiger partial charge in [0.2, 0.25) is 0 Å². The standard InChI is InChI=1S/C10H19N3S/c1-3-4-5-6-9(2)11-7-10-8-14-13-12-10/h8-9,11H,3-7H2,1-2H3. The molecule has 0 aliphatic heterocycles. The molecule has 0 bridgehead atoms. The van der Waals surface area contributed by atoms with Crippen LogP contribution in [0.15, 0.2) is 5.38 Å². The summed E-state index contributed by atoms with van der Waals surface area (Å²) in [6, 6.07) is 0.586. The highest BCUT2D eigenvalue weighted by molar-refractivity contribution is 7.03. The molecule has 1 rings (SSSR count). The van der Waals surface area contributed by atoms with Gasteiger partial charge >= 0.3 is 0 Å². The second-order valence-corrected chi connectivity index (χ2v) is 4.28. The fourth-order valence-corrected chi connectivity index (χ4v) is 1.79. The van der Waals surface area contributed by atoms with Gasteiger partial charge in [-0.15, -0.1) is 5.10 Å². The van der Waals surface area contributed by atoms with E-state index in [1.807, 2.05) is 5.38 Å². The Bertz CT molecular complexity index is 223. The number of hydrogen-bond acceptors (Lipinski definition) is 4. The van der Waals surface area contributed by atoms with Crippen molar-refractivity contribution in [2.75, 3.05) is 0 Å². The van der Waals surface area contributed by atoms with Crippen molar-refractivity contribution in [1.82, 2.24) is 14.9 Å². The van der Waals surface area contributed by atoms with Crippen molar-refractivity contribution in [2.45, 2.75) is 52.1 Å². The molecule has 1 aromatic heterocycles. The zero-order valence-electron chi connectivity index (χ0n) is 8.99. The first kappa shape index (κ1) is 11.6. The van der Waals surface area contributed by atoms with Crippen LogP contribution in [0, 0.1) is 0 Å². The quantitative estimate of drug-likeness (QED) is 0.707. The molecule has 0 amide bonds. The van der Waals surface area contributed by atoms with Crippen LogP contribution < -0.4 is 5.32 Å². The van der Waals surface area contributed by atoms with E-state index in [0.29, 0.717) is 6.04 Å². The largest absolute Gasteiger partial charge is 0.309 e. The molecule has 3 nitrogen and oxygen atoms in total. The van der Waals surface area contributed by atoms with E-state index >= 15 is 0 Å². The molecule has 0 radical (unpaired) electrons. The molecular formula is C10H19N3S. The maximum Gasteiger partial charge on any atom is 0.0893 e. The maximum absolute atomic E-state index is 3.99. The monoisotopic (exact) mass is 213 g/mol. The van der Waals surface area contributed by atoms with Crippen LogP contribution in [0.3, 0.4) is 0 Å². The van der Waals surface area contributed by atoms with Crippen LogP contribution in [0.25, 0.3) is 0 Å². The average Bonchev–Trinajstić information content (AvgIpc) is 2.68. The van der Waals surface area contributed by atoms with Gasteiger partial charge in [-0.05, 0) is 24.9 Å². The maximum atomic E-state index is 3.99. The second kappa shape index (κ2) is 6.90. The number of nitrogens with zero attached hydrogens (tertiary/aromatic N) is 2. The third-order valence-electron chi connectivity index (χ3n) is 2.28. The molecule has 0 aliphatic rings. The number of nitrogens with one attached hydrogen (secondary N) is 1. The molecule has 80 valence electrons. The average molecular weight is 213 g/mol. The van der Waals surface area contributed by atoms with Crippen molar-refractivity contribution in [3.8, 4) is 0 Å². The lowest BCUT2D eigenvalue weighted by Gasteiger charge is -2.11. The van der Waals surface area contributed by atoms with Gasteiger partial charge in [-0.2, -0.15) is 0 Å². The first-order valence-electron chi connectivity index (χ1n) is 5.32. The Balaban J connectivity index is 2.06. The number of hydrogen-bond donors (Lipinski definition) is 1. The molecule has 0 aliphatic carbocycles.